The normalized spacial score (nSPS) is 11.6. The van der Waals surface area contributed by atoms with Crippen molar-refractivity contribution in [3.8, 4) is 0 Å². The molecular formula is C18H28N2S. The van der Waals surface area contributed by atoms with Gasteiger partial charge in [0, 0.05) is 22.7 Å². The van der Waals surface area contributed by atoms with E-state index >= 15 is 0 Å². The Morgan fingerprint density at radius 3 is 2.71 bits per heavy atom. The highest BCUT2D eigenvalue weighted by atomic mass is 32.1. The van der Waals surface area contributed by atoms with Crippen molar-refractivity contribution in [1.82, 2.24) is 10.2 Å². The standard InChI is InChI=1S/C18H28N2S/c1-4-6-12-20(3)14-16-15-9-7-8-10-17(15)21-18(16)13-19-11-5-2/h7-10,19H,4-6,11-14H2,1-3H3. The van der Waals surface area contributed by atoms with Gasteiger partial charge in [-0.05, 0) is 50.0 Å². The van der Waals surface area contributed by atoms with Crippen LogP contribution < -0.4 is 5.32 Å². The van der Waals surface area contributed by atoms with Crippen molar-refractivity contribution in [1.29, 1.82) is 0 Å². The smallest absolute Gasteiger partial charge is 0.0349 e. The molecule has 0 amide bonds. The number of hydrogen-bond acceptors (Lipinski definition) is 3. The Morgan fingerprint density at radius 1 is 1.14 bits per heavy atom. The van der Waals surface area contributed by atoms with E-state index in [1.54, 1.807) is 0 Å². The highest BCUT2D eigenvalue weighted by Gasteiger charge is 2.13. The van der Waals surface area contributed by atoms with Crippen molar-refractivity contribution in [2.45, 2.75) is 46.2 Å². The second-order valence-electron chi connectivity index (χ2n) is 5.77. The first-order chi connectivity index (χ1) is 10.3. The molecule has 21 heavy (non-hydrogen) atoms. The predicted octanol–water partition coefficient (Wildman–Crippen LogP) is 4.63. The van der Waals surface area contributed by atoms with Crippen molar-refractivity contribution in [2.24, 2.45) is 0 Å². The van der Waals surface area contributed by atoms with Gasteiger partial charge < -0.3 is 10.2 Å². The summed E-state index contributed by atoms with van der Waals surface area (Å²) in [4.78, 5) is 3.97. The summed E-state index contributed by atoms with van der Waals surface area (Å²) in [6.45, 7) is 8.82. The molecule has 0 aliphatic heterocycles. The third-order valence-electron chi connectivity index (χ3n) is 3.82. The predicted molar refractivity (Wildman–Crippen MR) is 95.1 cm³/mol. The zero-order chi connectivity index (χ0) is 15.1. The number of benzene rings is 1. The molecule has 116 valence electrons. The molecule has 0 aliphatic rings. The quantitative estimate of drug-likeness (QED) is 0.679. The van der Waals surface area contributed by atoms with Crippen LogP contribution in [0.4, 0.5) is 0 Å². The molecule has 1 aromatic heterocycles. The molecular weight excluding hydrogens is 276 g/mol. The largest absolute Gasteiger partial charge is 0.312 e. The first kappa shape index (κ1) is 16.5. The van der Waals surface area contributed by atoms with Crippen LogP contribution in [-0.4, -0.2) is 25.0 Å². The van der Waals surface area contributed by atoms with E-state index < -0.39 is 0 Å². The van der Waals surface area contributed by atoms with Gasteiger partial charge in [-0.15, -0.1) is 11.3 Å². The first-order valence-corrected chi connectivity index (χ1v) is 8.96. The molecule has 2 rings (SSSR count). The lowest BCUT2D eigenvalue weighted by molar-refractivity contribution is 0.321. The summed E-state index contributed by atoms with van der Waals surface area (Å²) in [5, 5.41) is 5.00. The van der Waals surface area contributed by atoms with Gasteiger partial charge in [0.2, 0.25) is 0 Å². The first-order valence-electron chi connectivity index (χ1n) is 8.14. The molecule has 0 saturated carbocycles. The lowest BCUT2D eigenvalue weighted by Crippen LogP contribution is -2.20. The van der Waals surface area contributed by atoms with Crippen molar-refractivity contribution in [2.75, 3.05) is 20.1 Å². The van der Waals surface area contributed by atoms with Gasteiger partial charge in [0.15, 0.2) is 0 Å². The fourth-order valence-electron chi connectivity index (χ4n) is 2.62. The SMILES string of the molecule is CCCCN(C)Cc1c(CNCCC)sc2ccccc12. The number of unbranched alkanes of at least 4 members (excludes halogenated alkanes) is 1. The number of nitrogens with zero attached hydrogens (tertiary/aromatic N) is 1. The molecule has 0 fully saturated rings. The summed E-state index contributed by atoms with van der Waals surface area (Å²) in [6, 6.07) is 8.83. The number of nitrogens with one attached hydrogen (secondary N) is 1. The fraction of sp³-hybridized carbons (Fsp3) is 0.556. The van der Waals surface area contributed by atoms with E-state index in [0.29, 0.717) is 0 Å². The summed E-state index contributed by atoms with van der Waals surface area (Å²) in [5.74, 6) is 0. The average Bonchev–Trinajstić information content (AvgIpc) is 2.83. The lowest BCUT2D eigenvalue weighted by Gasteiger charge is -2.17. The molecule has 0 unspecified atom stereocenters. The Balaban J connectivity index is 2.18. The Hall–Kier alpha value is -0.900. The van der Waals surface area contributed by atoms with Gasteiger partial charge in [-0.3, -0.25) is 0 Å². The van der Waals surface area contributed by atoms with E-state index in [4.69, 9.17) is 0 Å². The Kier molecular flexibility index (Phi) is 6.68. The van der Waals surface area contributed by atoms with Crippen molar-refractivity contribution in [3.05, 3.63) is 34.7 Å². The summed E-state index contributed by atoms with van der Waals surface area (Å²) in [6.07, 6.45) is 3.73. The van der Waals surface area contributed by atoms with Crippen LogP contribution in [0, 0.1) is 0 Å². The molecule has 1 heterocycles. The van der Waals surface area contributed by atoms with E-state index in [9.17, 15) is 0 Å². The Bertz CT molecular complexity index is 547. The van der Waals surface area contributed by atoms with Gasteiger partial charge in [-0.1, -0.05) is 38.5 Å². The summed E-state index contributed by atoms with van der Waals surface area (Å²) in [7, 11) is 2.24. The minimum atomic E-state index is 1.00. The van der Waals surface area contributed by atoms with Crippen molar-refractivity contribution >= 4 is 21.4 Å². The van der Waals surface area contributed by atoms with Gasteiger partial charge in [0.1, 0.15) is 0 Å². The summed E-state index contributed by atoms with van der Waals surface area (Å²) in [5.41, 5.74) is 1.53. The monoisotopic (exact) mass is 304 g/mol. The Morgan fingerprint density at radius 2 is 1.95 bits per heavy atom. The van der Waals surface area contributed by atoms with E-state index in [1.165, 1.54) is 46.3 Å². The molecule has 3 heteroatoms. The molecule has 0 atom stereocenters. The molecule has 1 aromatic carbocycles. The molecule has 2 aromatic rings. The molecule has 0 radical (unpaired) electrons. The van der Waals surface area contributed by atoms with E-state index in [2.05, 4.69) is 55.4 Å². The zero-order valence-corrected chi connectivity index (χ0v) is 14.4. The highest BCUT2D eigenvalue weighted by Crippen LogP contribution is 2.32. The summed E-state index contributed by atoms with van der Waals surface area (Å²) < 4.78 is 1.42. The maximum atomic E-state index is 3.56. The number of fused-ring (bicyclic) bond motifs is 1. The topological polar surface area (TPSA) is 15.3 Å². The van der Waals surface area contributed by atoms with Crippen LogP contribution in [0.3, 0.4) is 0 Å². The molecule has 0 bridgehead atoms. The third kappa shape index (κ3) is 4.53. The van der Waals surface area contributed by atoms with Gasteiger partial charge in [0.05, 0.1) is 0 Å². The Labute approximate surface area is 133 Å². The maximum absolute atomic E-state index is 3.56. The zero-order valence-electron chi connectivity index (χ0n) is 13.6. The molecule has 0 spiro atoms. The fourth-order valence-corrected chi connectivity index (χ4v) is 3.81. The van der Waals surface area contributed by atoms with Gasteiger partial charge in [-0.2, -0.15) is 0 Å². The van der Waals surface area contributed by atoms with E-state index in [0.717, 1.165) is 19.6 Å². The van der Waals surface area contributed by atoms with Crippen LogP contribution in [-0.2, 0) is 13.1 Å². The molecule has 2 nitrogen and oxygen atoms in total. The average molecular weight is 305 g/mol. The number of rotatable bonds is 9. The van der Waals surface area contributed by atoms with E-state index in [-0.39, 0.29) is 0 Å². The van der Waals surface area contributed by atoms with Crippen LogP contribution in [0.5, 0.6) is 0 Å². The minimum Gasteiger partial charge on any atom is -0.312 e. The second-order valence-corrected chi connectivity index (χ2v) is 6.90. The molecule has 1 N–H and O–H groups in total. The van der Waals surface area contributed by atoms with Crippen molar-refractivity contribution < 1.29 is 0 Å². The van der Waals surface area contributed by atoms with Gasteiger partial charge in [-0.25, -0.2) is 0 Å². The van der Waals surface area contributed by atoms with Gasteiger partial charge >= 0.3 is 0 Å². The second kappa shape index (κ2) is 8.52. The molecule has 0 saturated heterocycles. The maximum Gasteiger partial charge on any atom is 0.0349 e. The highest BCUT2D eigenvalue weighted by molar-refractivity contribution is 7.19. The lowest BCUT2D eigenvalue weighted by atomic mass is 10.1. The summed E-state index contributed by atoms with van der Waals surface area (Å²) >= 11 is 1.95. The number of thiophene rings is 1. The van der Waals surface area contributed by atoms with Crippen molar-refractivity contribution in [3.63, 3.8) is 0 Å². The molecule has 0 aliphatic carbocycles. The minimum absolute atomic E-state index is 1.00. The van der Waals surface area contributed by atoms with Gasteiger partial charge in [0.25, 0.3) is 0 Å². The van der Waals surface area contributed by atoms with E-state index in [1.807, 2.05) is 11.3 Å². The number of hydrogen-bond donors (Lipinski definition) is 1. The van der Waals surface area contributed by atoms with Crippen LogP contribution in [0.15, 0.2) is 24.3 Å². The van der Waals surface area contributed by atoms with Crippen LogP contribution >= 0.6 is 11.3 Å². The van der Waals surface area contributed by atoms with Crippen LogP contribution in [0.2, 0.25) is 0 Å². The van der Waals surface area contributed by atoms with Crippen LogP contribution in [0.1, 0.15) is 43.6 Å². The third-order valence-corrected chi connectivity index (χ3v) is 5.03. The van der Waals surface area contributed by atoms with Crippen LogP contribution in [0.25, 0.3) is 10.1 Å².